The number of thiocarbonyl (C=S) groups is 1. The van der Waals surface area contributed by atoms with E-state index in [4.69, 9.17) is 22.8 Å². The Bertz CT molecular complexity index is 978. The molecule has 0 amide bonds. The number of nitrogens with zero attached hydrogens (tertiary/aromatic N) is 2. The van der Waals surface area contributed by atoms with Crippen LogP contribution in [0.2, 0.25) is 0 Å². The summed E-state index contributed by atoms with van der Waals surface area (Å²) in [4.78, 5) is 3.92. The molecule has 32 heavy (non-hydrogen) atoms. The van der Waals surface area contributed by atoms with Gasteiger partial charge in [0.25, 0.3) is 0 Å². The minimum absolute atomic E-state index is 0.0338. The number of aryl methyl sites for hydroxylation is 1. The van der Waals surface area contributed by atoms with Gasteiger partial charge in [-0.1, -0.05) is 20.4 Å². The number of phenols is 2. The van der Waals surface area contributed by atoms with Crippen molar-refractivity contribution in [2.45, 2.75) is 46.6 Å². The largest absolute Gasteiger partial charge is 0.508 e. The minimum Gasteiger partial charge on any atom is -0.508 e. The number of methoxy groups -OCH3 is 1. The Morgan fingerprint density at radius 1 is 1.19 bits per heavy atom. The first-order valence-electron chi connectivity index (χ1n) is 10.7. The van der Waals surface area contributed by atoms with Gasteiger partial charge in [-0.05, 0) is 68.7 Å². The maximum atomic E-state index is 10.5. The van der Waals surface area contributed by atoms with Crippen LogP contribution in [0.3, 0.4) is 0 Å². The van der Waals surface area contributed by atoms with Crippen molar-refractivity contribution in [2.75, 3.05) is 23.5 Å². The third-order valence-corrected chi connectivity index (χ3v) is 5.60. The second-order valence-corrected chi connectivity index (χ2v) is 8.11. The first kappa shape index (κ1) is 25.3. The standard InChI is InChI=1S/C24H34N4O3S/c1-7-11-27(15(3)4)20-13-18(9-10-23(20)31-6)28(24(32)26-25)16(5)19-12-17(8-2)21(29)14-22(19)30/h9-10,12-15,29-30H,5,7-8,11,25H2,1-4,6H3,(H,26,32). The SMILES string of the molecule is C=C(c1cc(CC)c(O)cc1O)N(C(=S)NN)c1ccc(OC)c(N(CCC)C(C)C)c1. The third-order valence-electron chi connectivity index (χ3n) is 5.30. The summed E-state index contributed by atoms with van der Waals surface area (Å²) in [5.74, 6) is 6.36. The highest BCUT2D eigenvalue weighted by molar-refractivity contribution is 7.80. The van der Waals surface area contributed by atoms with Crippen LogP contribution in [0.4, 0.5) is 11.4 Å². The van der Waals surface area contributed by atoms with Gasteiger partial charge in [0.15, 0.2) is 5.11 Å². The number of nitrogens with one attached hydrogen (secondary N) is 1. The number of phenolic OH excluding ortho intramolecular Hbond substituents is 2. The third kappa shape index (κ3) is 5.26. The van der Waals surface area contributed by atoms with Crippen LogP contribution in [0.1, 0.15) is 45.2 Å². The lowest BCUT2D eigenvalue weighted by molar-refractivity contribution is 0.413. The van der Waals surface area contributed by atoms with E-state index in [9.17, 15) is 10.2 Å². The zero-order valence-electron chi connectivity index (χ0n) is 19.5. The Morgan fingerprint density at radius 2 is 1.88 bits per heavy atom. The number of hydrogen-bond acceptors (Lipinski definition) is 6. The summed E-state index contributed by atoms with van der Waals surface area (Å²) in [6, 6.07) is 8.99. The zero-order valence-corrected chi connectivity index (χ0v) is 20.3. The molecule has 0 saturated carbocycles. The molecule has 5 N–H and O–H groups in total. The van der Waals surface area contributed by atoms with Gasteiger partial charge < -0.3 is 25.3 Å². The highest BCUT2D eigenvalue weighted by atomic mass is 32.1. The van der Waals surface area contributed by atoms with Crippen LogP contribution in [-0.4, -0.2) is 35.0 Å². The molecule has 0 heterocycles. The molecule has 0 aliphatic carbocycles. The zero-order chi connectivity index (χ0) is 24.0. The lowest BCUT2D eigenvalue weighted by Gasteiger charge is -2.33. The van der Waals surface area contributed by atoms with Gasteiger partial charge in [-0.15, -0.1) is 0 Å². The van der Waals surface area contributed by atoms with Crippen LogP contribution >= 0.6 is 12.2 Å². The molecule has 0 aliphatic rings. The van der Waals surface area contributed by atoms with E-state index in [0.717, 1.165) is 24.4 Å². The van der Waals surface area contributed by atoms with Crippen LogP contribution in [-0.2, 0) is 6.42 Å². The fourth-order valence-electron chi connectivity index (χ4n) is 3.66. The molecular formula is C24H34N4O3S. The summed E-state index contributed by atoms with van der Waals surface area (Å²) < 4.78 is 5.63. The van der Waals surface area contributed by atoms with Crippen molar-refractivity contribution in [3.8, 4) is 17.2 Å². The molecule has 8 heteroatoms. The number of aromatic hydroxyl groups is 2. The molecule has 174 valence electrons. The second-order valence-electron chi connectivity index (χ2n) is 7.73. The van der Waals surface area contributed by atoms with E-state index in [1.165, 1.54) is 6.07 Å². The number of anilines is 2. The molecule has 0 unspecified atom stereocenters. The molecule has 0 spiro atoms. The monoisotopic (exact) mass is 458 g/mol. The molecule has 0 aromatic heterocycles. The van der Waals surface area contributed by atoms with Gasteiger partial charge in [0.05, 0.1) is 24.2 Å². The van der Waals surface area contributed by atoms with Crippen LogP contribution < -0.4 is 25.8 Å². The molecule has 0 atom stereocenters. The quantitative estimate of drug-likeness (QED) is 0.248. The lowest BCUT2D eigenvalue weighted by atomic mass is 10.0. The van der Waals surface area contributed by atoms with Gasteiger partial charge in [0.1, 0.15) is 17.2 Å². The maximum absolute atomic E-state index is 10.5. The fourth-order valence-corrected chi connectivity index (χ4v) is 3.87. The van der Waals surface area contributed by atoms with Crippen molar-refractivity contribution in [2.24, 2.45) is 5.84 Å². The molecule has 2 rings (SSSR count). The first-order valence-corrected chi connectivity index (χ1v) is 11.1. The predicted molar refractivity (Wildman–Crippen MR) is 136 cm³/mol. The number of hydrazine groups is 1. The minimum atomic E-state index is -0.0990. The number of benzene rings is 2. The molecule has 0 saturated heterocycles. The van der Waals surface area contributed by atoms with E-state index in [2.05, 4.69) is 37.7 Å². The van der Waals surface area contributed by atoms with Gasteiger partial charge in [-0.2, -0.15) is 0 Å². The lowest BCUT2D eigenvalue weighted by Crippen LogP contribution is -2.42. The summed E-state index contributed by atoms with van der Waals surface area (Å²) in [5, 5.41) is 20.8. The Morgan fingerprint density at radius 3 is 2.41 bits per heavy atom. The van der Waals surface area contributed by atoms with Crippen molar-refractivity contribution in [1.82, 2.24) is 5.43 Å². The Balaban J connectivity index is 2.65. The van der Waals surface area contributed by atoms with Crippen molar-refractivity contribution < 1.29 is 14.9 Å². The van der Waals surface area contributed by atoms with Crippen LogP contribution in [0.15, 0.2) is 36.9 Å². The van der Waals surface area contributed by atoms with Gasteiger partial charge >= 0.3 is 0 Å². The highest BCUT2D eigenvalue weighted by Crippen LogP contribution is 2.39. The first-order chi connectivity index (χ1) is 15.2. The molecule has 0 fully saturated rings. The summed E-state index contributed by atoms with van der Waals surface area (Å²) in [6.07, 6.45) is 1.57. The number of rotatable bonds is 9. The number of hydrogen-bond donors (Lipinski definition) is 4. The molecule has 0 bridgehead atoms. The number of nitrogens with two attached hydrogens (primary N) is 1. The van der Waals surface area contributed by atoms with Crippen molar-refractivity contribution >= 4 is 34.4 Å². The molecular weight excluding hydrogens is 424 g/mol. The van der Waals surface area contributed by atoms with E-state index in [-0.39, 0.29) is 22.7 Å². The summed E-state index contributed by atoms with van der Waals surface area (Å²) in [5.41, 5.74) is 5.71. The summed E-state index contributed by atoms with van der Waals surface area (Å²) >= 11 is 5.49. The molecule has 7 nitrogen and oxygen atoms in total. The van der Waals surface area contributed by atoms with Crippen molar-refractivity contribution in [1.29, 1.82) is 0 Å². The average Bonchev–Trinajstić information content (AvgIpc) is 2.77. The topological polar surface area (TPSA) is 94.2 Å². The molecule has 0 aliphatic heterocycles. The fraction of sp³-hybridized carbons (Fsp3) is 0.375. The maximum Gasteiger partial charge on any atom is 0.192 e. The van der Waals surface area contributed by atoms with Gasteiger partial charge in [0, 0.05) is 24.2 Å². The van der Waals surface area contributed by atoms with E-state index >= 15 is 0 Å². The van der Waals surface area contributed by atoms with Gasteiger partial charge in [0.2, 0.25) is 0 Å². The Labute approximate surface area is 196 Å². The molecule has 2 aromatic rings. The predicted octanol–water partition coefficient (Wildman–Crippen LogP) is 4.52. The Hall–Kier alpha value is -2.97. The molecule has 2 aromatic carbocycles. The molecule has 0 radical (unpaired) electrons. The van der Waals surface area contributed by atoms with E-state index in [1.54, 1.807) is 18.1 Å². The Kier molecular flexibility index (Phi) is 8.74. The van der Waals surface area contributed by atoms with Gasteiger partial charge in [-0.3, -0.25) is 4.90 Å². The van der Waals surface area contributed by atoms with Crippen molar-refractivity contribution in [3.05, 3.63) is 48.0 Å². The van der Waals surface area contributed by atoms with Crippen molar-refractivity contribution in [3.63, 3.8) is 0 Å². The normalized spacial score (nSPS) is 10.7. The second kappa shape index (κ2) is 11.1. The summed E-state index contributed by atoms with van der Waals surface area (Å²) in [7, 11) is 1.65. The van der Waals surface area contributed by atoms with Crippen LogP contribution in [0.25, 0.3) is 5.70 Å². The van der Waals surface area contributed by atoms with Gasteiger partial charge in [-0.25, -0.2) is 5.84 Å². The summed E-state index contributed by atoms with van der Waals surface area (Å²) in [6.45, 7) is 13.4. The van der Waals surface area contributed by atoms with Crippen LogP contribution in [0.5, 0.6) is 17.2 Å². The van der Waals surface area contributed by atoms with E-state index in [0.29, 0.717) is 28.9 Å². The smallest absolute Gasteiger partial charge is 0.192 e. The van der Waals surface area contributed by atoms with Crippen LogP contribution in [0, 0.1) is 0 Å². The number of ether oxygens (including phenoxy) is 1. The van der Waals surface area contributed by atoms with E-state index in [1.807, 2.05) is 25.1 Å². The van der Waals surface area contributed by atoms with E-state index < -0.39 is 0 Å². The highest BCUT2D eigenvalue weighted by Gasteiger charge is 2.23. The average molecular weight is 459 g/mol.